The van der Waals surface area contributed by atoms with Crippen LogP contribution >= 0.6 is 11.6 Å². The number of amides is 2. The lowest BCUT2D eigenvalue weighted by Gasteiger charge is -2.18. The summed E-state index contributed by atoms with van der Waals surface area (Å²) in [6.45, 7) is 4.67. The standard InChI is InChI=1S/C19H23ClN4O2/c1-3-12(2)21-19(26)17-23-16(15-6-4-5-11-24(15)17)18(25)22-14-9-7-13(20)8-10-14/h7-10,12H,3-6,11H2,1-2H3,(H,21,26)(H,22,25). The molecule has 1 aliphatic rings. The highest BCUT2D eigenvalue weighted by Gasteiger charge is 2.27. The Morgan fingerprint density at radius 2 is 1.96 bits per heavy atom. The SMILES string of the molecule is CCC(C)NC(=O)c1nc(C(=O)Nc2ccc(Cl)cc2)c2n1CCCC2. The molecule has 1 aliphatic heterocycles. The Bertz CT molecular complexity index is 814. The third-order valence-corrected chi connectivity index (χ3v) is 4.88. The normalized spacial score (nSPS) is 14.4. The van der Waals surface area contributed by atoms with Gasteiger partial charge in [0, 0.05) is 23.3 Å². The summed E-state index contributed by atoms with van der Waals surface area (Å²) in [7, 11) is 0. The zero-order valence-corrected chi connectivity index (χ0v) is 15.8. The van der Waals surface area contributed by atoms with Gasteiger partial charge in [0.05, 0.1) is 5.69 Å². The first-order valence-electron chi connectivity index (χ1n) is 8.96. The number of nitrogens with zero attached hydrogens (tertiary/aromatic N) is 2. The molecule has 2 amide bonds. The maximum absolute atomic E-state index is 12.7. The van der Waals surface area contributed by atoms with E-state index in [9.17, 15) is 9.59 Å². The van der Waals surface area contributed by atoms with Crippen molar-refractivity contribution in [1.29, 1.82) is 0 Å². The molecular formula is C19H23ClN4O2. The quantitative estimate of drug-likeness (QED) is 0.838. The first-order valence-corrected chi connectivity index (χ1v) is 9.34. The smallest absolute Gasteiger partial charge is 0.287 e. The fourth-order valence-corrected chi connectivity index (χ4v) is 3.14. The molecule has 6 nitrogen and oxygen atoms in total. The molecule has 0 spiro atoms. The third-order valence-electron chi connectivity index (χ3n) is 4.63. The lowest BCUT2D eigenvalue weighted by Crippen LogP contribution is -2.34. The number of hydrogen-bond donors (Lipinski definition) is 2. The van der Waals surface area contributed by atoms with Crippen LogP contribution in [0.5, 0.6) is 0 Å². The molecule has 1 unspecified atom stereocenters. The van der Waals surface area contributed by atoms with Gasteiger partial charge >= 0.3 is 0 Å². The number of imidazole rings is 1. The van der Waals surface area contributed by atoms with E-state index in [0.29, 0.717) is 28.8 Å². The molecule has 2 aromatic rings. The van der Waals surface area contributed by atoms with E-state index < -0.39 is 0 Å². The number of anilines is 1. The summed E-state index contributed by atoms with van der Waals surface area (Å²) in [4.78, 5) is 29.7. The zero-order valence-electron chi connectivity index (χ0n) is 15.0. The second kappa shape index (κ2) is 7.91. The largest absolute Gasteiger partial charge is 0.347 e. The predicted molar refractivity (Wildman–Crippen MR) is 102 cm³/mol. The second-order valence-electron chi connectivity index (χ2n) is 6.58. The third kappa shape index (κ3) is 3.90. The molecule has 2 heterocycles. The molecule has 1 aromatic carbocycles. The number of fused-ring (bicyclic) bond motifs is 1. The van der Waals surface area contributed by atoms with E-state index in [1.807, 2.05) is 18.4 Å². The van der Waals surface area contributed by atoms with Crippen molar-refractivity contribution >= 4 is 29.1 Å². The number of nitrogens with one attached hydrogen (secondary N) is 2. The average Bonchev–Trinajstić information content (AvgIpc) is 3.03. The summed E-state index contributed by atoms with van der Waals surface area (Å²) in [5.41, 5.74) is 1.80. The maximum Gasteiger partial charge on any atom is 0.287 e. The Balaban J connectivity index is 1.88. The Hall–Kier alpha value is -2.34. The molecule has 2 N–H and O–H groups in total. The van der Waals surface area contributed by atoms with Crippen molar-refractivity contribution < 1.29 is 9.59 Å². The summed E-state index contributed by atoms with van der Waals surface area (Å²) in [6, 6.07) is 6.96. The fraction of sp³-hybridized carbons (Fsp3) is 0.421. The number of aromatic nitrogens is 2. The van der Waals surface area contributed by atoms with Crippen LogP contribution in [0.3, 0.4) is 0 Å². The molecule has 1 atom stereocenters. The molecule has 1 aromatic heterocycles. The van der Waals surface area contributed by atoms with Crippen molar-refractivity contribution in [3.63, 3.8) is 0 Å². The van der Waals surface area contributed by atoms with Crippen molar-refractivity contribution in [1.82, 2.24) is 14.9 Å². The van der Waals surface area contributed by atoms with Gasteiger partial charge in [-0.2, -0.15) is 0 Å². The molecular weight excluding hydrogens is 352 g/mol. The van der Waals surface area contributed by atoms with Gasteiger partial charge in [-0.25, -0.2) is 4.98 Å². The van der Waals surface area contributed by atoms with Crippen molar-refractivity contribution in [3.8, 4) is 0 Å². The summed E-state index contributed by atoms with van der Waals surface area (Å²) in [6.07, 6.45) is 3.54. The first-order chi connectivity index (χ1) is 12.5. The molecule has 0 saturated carbocycles. The number of benzene rings is 1. The topological polar surface area (TPSA) is 76.0 Å². The van der Waals surface area contributed by atoms with Crippen molar-refractivity contribution in [2.75, 3.05) is 5.32 Å². The lowest BCUT2D eigenvalue weighted by molar-refractivity contribution is 0.0923. The highest BCUT2D eigenvalue weighted by atomic mass is 35.5. The van der Waals surface area contributed by atoms with Gasteiger partial charge < -0.3 is 15.2 Å². The summed E-state index contributed by atoms with van der Waals surface area (Å²) >= 11 is 5.88. The van der Waals surface area contributed by atoms with Crippen molar-refractivity contribution in [3.05, 3.63) is 46.5 Å². The minimum absolute atomic E-state index is 0.0605. The van der Waals surface area contributed by atoms with Gasteiger partial charge in [-0.3, -0.25) is 9.59 Å². The number of halogens is 1. The van der Waals surface area contributed by atoms with Crippen LogP contribution in [0, 0.1) is 0 Å². The zero-order chi connectivity index (χ0) is 18.7. The van der Waals surface area contributed by atoms with Gasteiger partial charge in [-0.05, 0) is 56.9 Å². The van der Waals surface area contributed by atoms with E-state index in [4.69, 9.17) is 11.6 Å². The molecule has 0 radical (unpaired) electrons. The van der Waals surface area contributed by atoms with Crippen LogP contribution in [-0.4, -0.2) is 27.4 Å². The van der Waals surface area contributed by atoms with Gasteiger partial charge in [-0.15, -0.1) is 0 Å². The predicted octanol–water partition coefficient (Wildman–Crippen LogP) is 3.65. The highest BCUT2D eigenvalue weighted by Crippen LogP contribution is 2.22. The van der Waals surface area contributed by atoms with E-state index in [-0.39, 0.29) is 17.9 Å². The van der Waals surface area contributed by atoms with Crippen LogP contribution in [0.25, 0.3) is 0 Å². The molecule has 0 bridgehead atoms. The molecule has 26 heavy (non-hydrogen) atoms. The Morgan fingerprint density at radius 1 is 1.23 bits per heavy atom. The molecule has 0 fully saturated rings. The van der Waals surface area contributed by atoms with Crippen LogP contribution in [0.15, 0.2) is 24.3 Å². The Morgan fingerprint density at radius 3 is 2.65 bits per heavy atom. The lowest BCUT2D eigenvalue weighted by atomic mass is 10.1. The number of rotatable bonds is 5. The van der Waals surface area contributed by atoms with E-state index in [1.54, 1.807) is 24.3 Å². The van der Waals surface area contributed by atoms with Gasteiger partial charge in [0.15, 0.2) is 11.5 Å². The molecule has 0 aliphatic carbocycles. The minimum Gasteiger partial charge on any atom is -0.347 e. The van der Waals surface area contributed by atoms with E-state index in [0.717, 1.165) is 31.4 Å². The van der Waals surface area contributed by atoms with Gasteiger partial charge in [0.25, 0.3) is 11.8 Å². The van der Waals surface area contributed by atoms with E-state index in [1.165, 1.54) is 0 Å². The van der Waals surface area contributed by atoms with Crippen LogP contribution in [-0.2, 0) is 13.0 Å². The molecule has 7 heteroatoms. The Labute approximate surface area is 157 Å². The van der Waals surface area contributed by atoms with Crippen molar-refractivity contribution in [2.24, 2.45) is 0 Å². The van der Waals surface area contributed by atoms with Crippen LogP contribution in [0.2, 0.25) is 5.02 Å². The van der Waals surface area contributed by atoms with Crippen LogP contribution in [0.1, 0.15) is 59.9 Å². The molecule has 138 valence electrons. The summed E-state index contributed by atoms with van der Waals surface area (Å²) < 4.78 is 1.89. The summed E-state index contributed by atoms with van der Waals surface area (Å²) in [5, 5.41) is 6.37. The monoisotopic (exact) mass is 374 g/mol. The number of carbonyl (C=O) groups is 2. The molecule has 3 rings (SSSR count). The minimum atomic E-state index is -0.305. The maximum atomic E-state index is 12.7. The van der Waals surface area contributed by atoms with Crippen molar-refractivity contribution in [2.45, 2.75) is 52.1 Å². The fourth-order valence-electron chi connectivity index (χ4n) is 3.01. The highest BCUT2D eigenvalue weighted by molar-refractivity contribution is 6.30. The van der Waals surface area contributed by atoms with Gasteiger partial charge in [-0.1, -0.05) is 18.5 Å². The summed E-state index contributed by atoms with van der Waals surface area (Å²) in [5.74, 6) is -0.213. The average molecular weight is 375 g/mol. The second-order valence-corrected chi connectivity index (χ2v) is 7.02. The molecule has 0 saturated heterocycles. The van der Waals surface area contributed by atoms with Gasteiger partial charge in [0.2, 0.25) is 0 Å². The first kappa shape index (κ1) is 18.5. The van der Waals surface area contributed by atoms with Crippen LogP contribution < -0.4 is 10.6 Å². The van der Waals surface area contributed by atoms with Gasteiger partial charge in [0.1, 0.15) is 0 Å². The Kier molecular flexibility index (Phi) is 5.61. The van der Waals surface area contributed by atoms with Crippen LogP contribution in [0.4, 0.5) is 5.69 Å². The number of hydrogen-bond acceptors (Lipinski definition) is 3. The number of carbonyl (C=O) groups excluding carboxylic acids is 2. The van der Waals surface area contributed by atoms with E-state index >= 15 is 0 Å². The van der Waals surface area contributed by atoms with E-state index in [2.05, 4.69) is 15.6 Å².